The molecule has 5 nitrogen and oxygen atoms in total. The zero-order chi connectivity index (χ0) is 21.2. The van der Waals surface area contributed by atoms with Gasteiger partial charge >= 0.3 is 5.97 Å². The number of ether oxygens (including phenoxy) is 2. The van der Waals surface area contributed by atoms with Gasteiger partial charge in [0.2, 0.25) is 0 Å². The smallest absolute Gasteiger partial charge is 0.338 e. The van der Waals surface area contributed by atoms with Crippen molar-refractivity contribution in [2.24, 2.45) is 0 Å². The lowest BCUT2D eigenvalue weighted by molar-refractivity contribution is -0.122. The highest BCUT2D eigenvalue weighted by Crippen LogP contribution is 2.20. The van der Waals surface area contributed by atoms with Crippen LogP contribution in [0.2, 0.25) is 0 Å². The number of benzene rings is 2. The van der Waals surface area contributed by atoms with E-state index in [0.29, 0.717) is 23.6 Å². The van der Waals surface area contributed by atoms with Crippen LogP contribution in [0.3, 0.4) is 0 Å². The molecule has 0 heterocycles. The molecule has 2 aromatic carbocycles. The Bertz CT molecular complexity index is 814. The van der Waals surface area contributed by atoms with Crippen molar-refractivity contribution in [1.29, 1.82) is 0 Å². The predicted molar refractivity (Wildman–Crippen MR) is 116 cm³/mol. The molecule has 0 aliphatic heterocycles. The molecule has 1 N–H and O–H groups in total. The highest BCUT2D eigenvalue weighted by molar-refractivity contribution is 5.95. The van der Waals surface area contributed by atoms with E-state index in [2.05, 4.69) is 12.2 Å². The molecule has 5 heteroatoms. The van der Waals surface area contributed by atoms with Crippen LogP contribution in [0.4, 0.5) is 5.69 Å². The van der Waals surface area contributed by atoms with Gasteiger partial charge < -0.3 is 14.8 Å². The highest BCUT2D eigenvalue weighted by Gasteiger charge is 2.16. The van der Waals surface area contributed by atoms with Gasteiger partial charge in [0.15, 0.2) is 6.10 Å². The third-order valence-corrected chi connectivity index (χ3v) is 4.62. The average molecular weight is 398 g/mol. The van der Waals surface area contributed by atoms with Crippen LogP contribution in [0, 0.1) is 13.8 Å². The maximum Gasteiger partial charge on any atom is 0.338 e. The quantitative estimate of drug-likeness (QED) is 0.428. The monoisotopic (exact) mass is 397 g/mol. The molecule has 0 aliphatic carbocycles. The van der Waals surface area contributed by atoms with E-state index in [-0.39, 0.29) is 11.9 Å². The van der Waals surface area contributed by atoms with Crippen molar-refractivity contribution >= 4 is 17.6 Å². The summed E-state index contributed by atoms with van der Waals surface area (Å²) < 4.78 is 11.1. The first-order valence-corrected chi connectivity index (χ1v) is 10.2. The molecule has 1 unspecified atom stereocenters. The van der Waals surface area contributed by atoms with E-state index in [1.54, 1.807) is 31.2 Å². The summed E-state index contributed by atoms with van der Waals surface area (Å²) >= 11 is 0. The van der Waals surface area contributed by atoms with E-state index in [1.807, 2.05) is 32.0 Å². The number of carbonyl (C=O) groups excluding carboxylic acids is 2. The van der Waals surface area contributed by atoms with Gasteiger partial charge in [0, 0.05) is 5.69 Å². The van der Waals surface area contributed by atoms with Gasteiger partial charge in [-0.05, 0) is 63.1 Å². The van der Waals surface area contributed by atoms with Gasteiger partial charge in [0.1, 0.15) is 5.75 Å². The first-order valence-electron chi connectivity index (χ1n) is 10.2. The number of esters is 1. The Labute approximate surface area is 173 Å². The Morgan fingerprint density at radius 2 is 1.72 bits per heavy atom. The Balaban J connectivity index is 1.84. The van der Waals surface area contributed by atoms with E-state index in [9.17, 15) is 9.59 Å². The van der Waals surface area contributed by atoms with E-state index in [1.165, 1.54) is 0 Å². The van der Waals surface area contributed by atoms with Gasteiger partial charge in [-0.25, -0.2) is 4.79 Å². The minimum Gasteiger partial charge on any atom is -0.481 e. The predicted octanol–water partition coefficient (Wildman–Crippen LogP) is 5.45. The van der Waals surface area contributed by atoms with Crippen LogP contribution in [0.1, 0.15) is 61.0 Å². The molecule has 1 amide bonds. The summed E-state index contributed by atoms with van der Waals surface area (Å²) in [6.07, 6.45) is 3.60. The maximum absolute atomic E-state index is 12.4. The number of nitrogens with one attached hydrogen (secondary N) is 1. The summed E-state index contributed by atoms with van der Waals surface area (Å²) in [5.41, 5.74) is 3.21. The van der Waals surface area contributed by atoms with Gasteiger partial charge in [0.25, 0.3) is 5.91 Å². The third-order valence-electron chi connectivity index (χ3n) is 4.62. The van der Waals surface area contributed by atoms with Crippen LogP contribution < -0.4 is 10.1 Å². The lowest BCUT2D eigenvalue weighted by atomic mass is 10.1. The molecule has 0 bridgehead atoms. The fraction of sp³-hybridized carbons (Fsp3) is 0.417. The van der Waals surface area contributed by atoms with Gasteiger partial charge in [-0.3, -0.25) is 4.79 Å². The zero-order valence-corrected chi connectivity index (χ0v) is 17.8. The summed E-state index contributed by atoms with van der Waals surface area (Å²) in [6, 6.07) is 12.5. The van der Waals surface area contributed by atoms with Crippen LogP contribution >= 0.6 is 0 Å². The summed E-state index contributed by atoms with van der Waals surface area (Å²) in [7, 11) is 0. The van der Waals surface area contributed by atoms with Crippen molar-refractivity contribution in [3.63, 3.8) is 0 Å². The largest absolute Gasteiger partial charge is 0.481 e. The summed E-state index contributed by atoms with van der Waals surface area (Å²) in [4.78, 5) is 24.5. The SMILES string of the molecule is CCCCCCOC(=O)c1ccc(NC(=O)C(C)Oc2ccc(C)cc2C)cc1. The number of unbranched alkanes of at least 4 members (excludes halogenated alkanes) is 3. The Kier molecular flexibility index (Phi) is 8.71. The van der Waals surface area contributed by atoms with Crippen molar-refractivity contribution in [3.8, 4) is 5.75 Å². The fourth-order valence-electron chi connectivity index (χ4n) is 2.89. The Morgan fingerprint density at radius 3 is 2.38 bits per heavy atom. The average Bonchev–Trinajstić information content (AvgIpc) is 2.70. The number of aryl methyl sites for hydroxylation is 2. The second kappa shape index (κ2) is 11.2. The third kappa shape index (κ3) is 7.26. The molecular weight excluding hydrogens is 366 g/mol. The van der Waals surface area contributed by atoms with Crippen LogP contribution in [-0.4, -0.2) is 24.6 Å². The van der Waals surface area contributed by atoms with Crippen LogP contribution in [0.15, 0.2) is 42.5 Å². The number of rotatable bonds is 10. The number of amides is 1. The Morgan fingerprint density at radius 1 is 1.00 bits per heavy atom. The molecule has 0 fully saturated rings. The van der Waals surface area contributed by atoms with Crippen molar-refractivity contribution in [2.45, 2.75) is 59.5 Å². The van der Waals surface area contributed by atoms with Gasteiger partial charge in [0.05, 0.1) is 12.2 Å². The normalized spacial score (nSPS) is 11.6. The number of carbonyl (C=O) groups is 2. The number of hydrogen-bond acceptors (Lipinski definition) is 4. The molecule has 2 aromatic rings. The minimum absolute atomic E-state index is 0.253. The lowest BCUT2D eigenvalue weighted by Gasteiger charge is -2.16. The molecule has 0 aliphatic rings. The molecule has 2 rings (SSSR count). The second-order valence-corrected chi connectivity index (χ2v) is 7.29. The maximum atomic E-state index is 12.4. The minimum atomic E-state index is -0.649. The van der Waals surface area contributed by atoms with Gasteiger partial charge in [-0.2, -0.15) is 0 Å². The molecule has 156 valence electrons. The van der Waals surface area contributed by atoms with E-state index in [0.717, 1.165) is 36.8 Å². The first-order chi connectivity index (χ1) is 13.9. The standard InChI is InChI=1S/C24H31NO4/c1-5-6-7-8-15-28-24(27)20-10-12-21(13-11-20)25-23(26)19(4)29-22-14-9-17(2)16-18(22)3/h9-14,16,19H,5-8,15H2,1-4H3,(H,25,26). The van der Waals surface area contributed by atoms with Crippen molar-refractivity contribution in [2.75, 3.05) is 11.9 Å². The van der Waals surface area contributed by atoms with Crippen molar-refractivity contribution < 1.29 is 19.1 Å². The number of hydrogen-bond donors (Lipinski definition) is 1. The molecule has 0 spiro atoms. The molecule has 0 aromatic heterocycles. The van der Waals surface area contributed by atoms with E-state index >= 15 is 0 Å². The molecule has 1 atom stereocenters. The van der Waals surface area contributed by atoms with Crippen LogP contribution in [0.5, 0.6) is 5.75 Å². The van der Waals surface area contributed by atoms with Crippen LogP contribution in [0.25, 0.3) is 0 Å². The van der Waals surface area contributed by atoms with Gasteiger partial charge in [-0.15, -0.1) is 0 Å². The molecule has 29 heavy (non-hydrogen) atoms. The summed E-state index contributed by atoms with van der Waals surface area (Å²) in [5, 5.41) is 2.81. The van der Waals surface area contributed by atoms with Crippen molar-refractivity contribution in [1.82, 2.24) is 0 Å². The van der Waals surface area contributed by atoms with Crippen molar-refractivity contribution in [3.05, 3.63) is 59.2 Å². The number of anilines is 1. The van der Waals surface area contributed by atoms with E-state index < -0.39 is 6.10 Å². The second-order valence-electron chi connectivity index (χ2n) is 7.29. The highest BCUT2D eigenvalue weighted by atomic mass is 16.5. The lowest BCUT2D eigenvalue weighted by Crippen LogP contribution is -2.30. The van der Waals surface area contributed by atoms with Crippen LogP contribution in [-0.2, 0) is 9.53 Å². The molecule has 0 saturated heterocycles. The topological polar surface area (TPSA) is 64.6 Å². The molecular formula is C24H31NO4. The van der Waals surface area contributed by atoms with Gasteiger partial charge in [-0.1, -0.05) is 43.9 Å². The van der Waals surface area contributed by atoms with E-state index in [4.69, 9.17) is 9.47 Å². The first kappa shape index (κ1) is 22.5. The fourth-order valence-corrected chi connectivity index (χ4v) is 2.89. The summed E-state index contributed by atoms with van der Waals surface area (Å²) in [6.45, 7) is 8.25. The molecule has 0 saturated carbocycles. The summed E-state index contributed by atoms with van der Waals surface area (Å²) in [5.74, 6) is 0.0948. The molecule has 0 radical (unpaired) electrons. The zero-order valence-electron chi connectivity index (χ0n) is 17.8. The Hall–Kier alpha value is -2.82.